The molecule has 0 aliphatic rings. The summed E-state index contributed by atoms with van der Waals surface area (Å²) in [7, 11) is 0. The molecule has 0 bridgehead atoms. The molecule has 3 nitrogen and oxygen atoms in total. The van der Waals surface area contributed by atoms with Crippen LogP contribution in [-0.2, 0) is 11.2 Å². The Morgan fingerprint density at radius 2 is 1.87 bits per heavy atom. The Kier molecular flexibility index (Phi) is 5.91. The summed E-state index contributed by atoms with van der Waals surface area (Å²) in [5, 5.41) is 0. The first-order valence-electron chi connectivity index (χ1n) is 8.25. The number of rotatable bonds is 6. The van der Waals surface area contributed by atoms with Crippen molar-refractivity contribution in [3.63, 3.8) is 0 Å². The van der Waals surface area contributed by atoms with Gasteiger partial charge in [0, 0.05) is 6.20 Å². The fourth-order valence-corrected chi connectivity index (χ4v) is 2.45. The number of ether oxygens (including phenoxy) is 1. The summed E-state index contributed by atoms with van der Waals surface area (Å²) in [4.78, 5) is 17.1. The minimum absolute atomic E-state index is 0.272. The molecule has 0 aliphatic carbocycles. The number of aryl methyl sites for hydroxylation is 2. The number of carbonyl (C=O) groups excluding carboxylic acids is 1. The average molecular weight is 311 g/mol. The van der Waals surface area contributed by atoms with Crippen molar-refractivity contribution in [2.75, 3.05) is 6.61 Å². The summed E-state index contributed by atoms with van der Waals surface area (Å²) >= 11 is 0. The van der Waals surface area contributed by atoms with Crippen LogP contribution in [0.4, 0.5) is 0 Å². The van der Waals surface area contributed by atoms with Crippen LogP contribution in [-0.4, -0.2) is 17.6 Å². The van der Waals surface area contributed by atoms with E-state index in [0.29, 0.717) is 18.1 Å². The second-order valence-corrected chi connectivity index (χ2v) is 6.29. The Morgan fingerprint density at radius 1 is 1.17 bits per heavy atom. The number of pyridine rings is 1. The molecule has 0 amide bonds. The zero-order valence-electron chi connectivity index (χ0n) is 14.4. The Bertz CT molecular complexity index is 660. The van der Waals surface area contributed by atoms with Gasteiger partial charge in [-0.05, 0) is 36.5 Å². The van der Waals surface area contributed by atoms with Crippen molar-refractivity contribution in [1.29, 1.82) is 0 Å². The largest absolute Gasteiger partial charge is 0.462 e. The van der Waals surface area contributed by atoms with Gasteiger partial charge in [0.2, 0.25) is 0 Å². The highest BCUT2D eigenvalue weighted by Crippen LogP contribution is 2.27. The maximum absolute atomic E-state index is 12.6. The third kappa shape index (κ3) is 4.41. The molecular formula is C20H25NO2. The summed E-state index contributed by atoms with van der Waals surface area (Å²) in [6, 6.07) is 10.1. The fraction of sp³-hybridized carbons (Fsp3) is 0.400. The third-order valence-electron chi connectivity index (χ3n) is 3.63. The number of nitrogens with zero attached hydrogens (tertiary/aromatic N) is 1. The lowest BCUT2D eigenvalue weighted by Crippen LogP contribution is -2.14. The molecule has 0 atom stereocenters. The minimum atomic E-state index is -0.272. The molecule has 2 aromatic rings. The normalized spacial score (nSPS) is 10.8. The molecule has 0 unspecified atom stereocenters. The number of hydrogen-bond donors (Lipinski definition) is 0. The van der Waals surface area contributed by atoms with E-state index in [4.69, 9.17) is 4.74 Å². The predicted molar refractivity (Wildman–Crippen MR) is 93.5 cm³/mol. The Hall–Kier alpha value is -2.16. The van der Waals surface area contributed by atoms with Crippen molar-refractivity contribution in [3.8, 4) is 11.1 Å². The molecule has 122 valence electrons. The summed E-state index contributed by atoms with van der Waals surface area (Å²) in [5.41, 5.74) is 4.54. The van der Waals surface area contributed by atoms with Crippen LogP contribution in [0.1, 0.15) is 48.8 Å². The molecule has 2 rings (SSSR count). The number of carbonyl (C=O) groups is 1. The molecule has 0 saturated carbocycles. The molecule has 0 aliphatic heterocycles. The predicted octanol–water partition coefficient (Wildman–Crippen LogP) is 4.82. The molecule has 0 radical (unpaired) electrons. The number of benzene rings is 1. The van der Waals surface area contributed by atoms with E-state index < -0.39 is 0 Å². The molecule has 1 aromatic heterocycles. The van der Waals surface area contributed by atoms with E-state index in [1.54, 1.807) is 6.20 Å². The third-order valence-corrected chi connectivity index (χ3v) is 3.63. The molecule has 0 N–H and O–H groups in total. The van der Waals surface area contributed by atoms with Crippen LogP contribution in [0.25, 0.3) is 11.1 Å². The topological polar surface area (TPSA) is 39.2 Å². The molecule has 1 heterocycles. The van der Waals surface area contributed by atoms with E-state index in [1.165, 1.54) is 5.56 Å². The van der Waals surface area contributed by atoms with Crippen molar-refractivity contribution in [3.05, 3.63) is 53.3 Å². The van der Waals surface area contributed by atoms with Gasteiger partial charge in [-0.2, -0.15) is 0 Å². The van der Waals surface area contributed by atoms with E-state index in [2.05, 4.69) is 31.0 Å². The molecular weight excluding hydrogens is 286 g/mol. The van der Waals surface area contributed by atoms with E-state index in [9.17, 15) is 4.79 Å². The van der Waals surface area contributed by atoms with Gasteiger partial charge >= 0.3 is 5.97 Å². The van der Waals surface area contributed by atoms with E-state index in [1.807, 2.05) is 32.0 Å². The van der Waals surface area contributed by atoms with Crippen LogP contribution < -0.4 is 0 Å². The molecule has 0 spiro atoms. The van der Waals surface area contributed by atoms with E-state index in [0.717, 1.165) is 29.7 Å². The fourth-order valence-electron chi connectivity index (χ4n) is 2.45. The van der Waals surface area contributed by atoms with Crippen LogP contribution in [0.2, 0.25) is 0 Å². The summed E-state index contributed by atoms with van der Waals surface area (Å²) < 4.78 is 5.48. The van der Waals surface area contributed by atoms with Crippen molar-refractivity contribution in [2.45, 2.75) is 40.5 Å². The Labute approximate surface area is 138 Å². The van der Waals surface area contributed by atoms with Gasteiger partial charge in [-0.15, -0.1) is 0 Å². The Morgan fingerprint density at radius 3 is 2.48 bits per heavy atom. The van der Waals surface area contributed by atoms with Crippen molar-refractivity contribution >= 4 is 5.97 Å². The molecule has 3 heteroatoms. The van der Waals surface area contributed by atoms with E-state index >= 15 is 0 Å². The zero-order chi connectivity index (χ0) is 16.8. The smallest absolute Gasteiger partial charge is 0.340 e. The van der Waals surface area contributed by atoms with Gasteiger partial charge in [-0.1, -0.05) is 57.0 Å². The van der Waals surface area contributed by atoms with Gasteiger partial charge in [0.05, 0.1) is 17.9 Å². The van der Waals surface area contributed by atoms with Gasteiger partial charge in [0.1, 0.15) is 0 Å². The number of hydrogen-bond acceptors (Lipinski definition) is 3. The Balaban J connectivity index is 2.46. The summed E-state index contributed by atoms with van der Waals surface area (Å²) in [6.45, 7) is 8.63. The lowest BCUT2D eigenvalue weighted by atomic mass is 9.97. The quantitative estimate of drug-likeness (QED) is 0.718. The second kappa shape index (κ2) is 7.91. The van der Waals surface area contributed by atoms with Crippen molar-refractivity contribution in [2.24, 2.45) is 5.92 Å². The highest BCUT2D eigenvalue weighted by atomic mass is 16.5. The highest BCUT2D eigenvalue weighted by molar-refractivity contribution is 5.98. The van der Waals surface area contributed by atoms with Gasteiger partial charge < -0.3 is 4.74 Å². The van der Waals surface area contributed by atoms with E-state index in [-0.39, 0.29) is 5.97 Å². The number of esters is 1. The first kappa shape index (κ1) is 17.2. The SMILES string of the molecule is CCCc1nccc(-c2ccc(C)cc2)c1C(=O)OCC(C)C. The summed E-state index contributed by atoms with van der Waals surface area (Å²) in [5.74, 6) is 0.0406. The van der Waals surface area contributed by atoms with Gasteiger partial charge in [-0.25, -0.2) is 4.79 Å². The van der Waals surface area contributed by atoms with Crippen LogP contribution in [0, 0.1) is 12.8 Å². The maximum Gasteiger partial charge on any atom is 0.340 e. The van der Waals surface area contributed by atoms with Gasteiger partial charge in [-0.3, -0.25) is 4.98 Å². The highest BCUT2D eigenvalue weighted by Gasteiger charge is 2.20. The average Bonchev–Trinajstić information content (AvgIpc) is 2.53. The van der Waals surface area contributed by atoms with Crippen molar-refractivity contribution in [1.82, 2.24) is 4.98 Å². The lowest BCUT2D eigenvalue weighted by molar-refractivity contribution is 0.0458. The first-order valence-corrected chi connectivity index (χ1v) is 8.25. The molecule has 0 saturated heterocycles. The maximum atomic E-state index is 12.6. The van der Waals surface area contributed by atoms with Crippen LogP contribution in [0.5, 0.6) is 0 Å². The van der Waals surface area contributed by atoms with Crippen molar-refractivity contribution < 1.29 is 9.53 Å². The summed E-state index contributed by atoms with van der Waals surface area (Å²) in [6.07, 6.45) is 3.49. The zero-order valence-corrected chi connectivity index (χ0v) is 14.4. The number of aromatic nitrogens is 1. The van der Waals surface area contributed by atoms with Crippen LogP contribution >= 0.6 is 0 Å². The molecule has 1 aromatic carbocycles. The molecule has 23 heavy (non-hydrogen) atoms. The monoisotopic (exact) mass is 311 g/mol. The lowest BCUT2D eigenvalue weighted by Gasteiger charge is -2.14. The van der Waals surface area contributed by atoms with Gasteiger partial charge in [0.25, 0.3) is 0 Å². The minimum Gasteiger partial charge on any atom is -0.462 e. The van der Waals surface area contributed by atoms with Crippen LogP contribution in [0.15, 0.2) is 36.5 Å². The van der Waals surface area contributed by atoms with Gasteiger partial charge in [0.15, 0.2) is 0 Å². The van der Waals surface area contributed by atoms with Crippen LogP contribution in [0.3, 0.4) is 0 Å². The molecule has 0 fully saturated rings. The second-order valence-electron chi connectivity index (χ2n) is 6.29. The standard InChI is InChI=1S/C20H25NO2/c1-5-6-18-19(20(22)23-13-14(2)3)17(11-12-21-18)16-9-7-15(4)8-10-16/h7-12,14H,5-6,13H2,1-4H3. The first-order chi connectivity index (χ1) is 11.0.